The van der Waals surface area contributed by atoms with Crippen molar-refractivity contribution in [2.24, 2.45) is 10.9 Å². The standard InChI is InChI=1S/C19H29FN4O3.HI/c1-14(27-17-7-5-4-6-16(17)20)10-21-19(23-12-18(25)24(2)3)22-11-15-8-9-26-13-15;/h4-7,14-15H,8-13H2,1-3H3,(H2,21,22,23);1H. The number of guanidine groups is 1. The highest BCUT2D eigenvalue weighted by Crippen LogP contribution is 2.16. The number of ether oxygens (including phenoxy) is 2. The third-order valence-electron chi connectivity index (χ3n) is 4.18. The SMILES string of the molecule is CC(CNC(=NCC(=O)N(C)C)NCC1CCOC1)Oc1ccccc1F.I. The topological polar surface area (TPSA) is 75.2 Å². The number of nitrogens with zero attached hydrogens (tertiary/aromatic N) is 2. The lowest BCUT2D eigenvalue weighted by Crippen LogP contribution is -2.44. The fourth-order valence-electron chi connectivity index (χ4n) is 2.49. The number of para-hydroxylation sites is 1. The Hall–Kier alpha value is -1.62. The van der Waals surface area contributed by atoms with E-state index in [9.17, 15) is 9.18 Å². The molecule has 1 fully saturated rings. The molecule has 1 aromatic carbocycles. The molecule has 2 unspecified atom stereocenters. The van der Waals surface area contributed by atoms with Crippen LogP contribution in [0.15, 0.2) is 29.3 Å². The number of nitrogens with one attached hydrogen (secondary N) is 2. The minimum absolute atomic E-state index is 0. The average molecular weight is 508 g/mol. The van der Waals surface area contributed by atoms with Gasteiger partial charge in [-0.15, -0.1) is 24.0 Å². The Bertz CT molecular complexity index is 639. The molecule has 0 aromatic heterocycles. The highest BCUT2D eigenvalue weighted by Gasteiger charge is 2.16. The van der Waals surface area contributed by atoms with Crippen LogP contribution in [0, 0.1) is 11.7 Å². The first-order chi connectivity index (χ1) is 13.0. The fraction of sp³-hybridized carbons (Fsp3) is 0.579. The summed E-state index contributed by atoms with van der Waals surface area (Å²) in [6, 6.07) is 6.30. The van der Waals surface area contributed by atoms with Gasteiger partial charge in [-0.3, -0.25) is 4.79 Å². The summed E-state index contributed by atoms with van der Waals surface area (Å²) in [5.74, 6) is 0.684. The van der Waals surface area contributed by atoms with Gasteiger partial charge in [-0.05, 0) is 25.5 Å². The van der Waals surface area contributed by atoms with Crippen molar-refractivity contribution < 1.29 is 18.7 Å². The first-order valence-electron chi connectivity index (χ1n) is 9.17. The van der Waals surface area contributed by atoms with E-state index >= 15 is 0 Å². The summed E-state index contributed by atoms with van der Waals surface area (Å²) in [4.78, 5) is 17.6. The van der Waals surface area contributed by atoms with Gasteiger partial charge in [0.25, 0.3) is 0 Å². The summed E-state index contributed by atoms with van der Waals surface area (Å²) in [6.45, 7) is 4.52. The molecule has 0 aliphatic carbocycles. The van der Waals surface area contributed by atoms with Crippen LogP contribution in [0.2, 0.25) is 0 Å². The van der Waals surface area contributed by atoms with Crippen molar-refractivity contribution >= 4 is 35.8 Å². The van der Waals surface area contributed by atoms with E-state index < -0.39 is 5.82 Å². The monoisotopic (exact) mass is 508 g/mol. The molecule has 1 amide bonds. The Labute approximate surface area is 183 Å². The fourth-order valence-corrected chi connectivity index (χ4v) is 2.49. The quantitative estimate of drug-likeness (QED) is 0.319. The zero-order valence-electron chi connectivity index (χ0n) is 16.6. The molecule has 2 rings (SSSR count). The molecule has 1 heterocycles. The van der Waals surface area contributed by atoms with Crippen LogP contribution in [0.5, 0.6) is 5.75 Å². The van der Waals surface area contributed by atoms with E-state index in [0.717, 1.165) is 19.6 Å². The zero-order valence-corrected chi connectivity index (χ0v) is 18.9. The van der Waals surface area contributed by atoms with Crippen LogP contribution in [-0.2, 0) is 9.53 Å². The molecular weight excluding hydrogens is 478 g/mol. The number of hydrogen-bond acceptors (Lipinski definition) is 4. The number of aliphatic imine (C=N–C) groups is 1. The van der Waals surface area contributed by atoms with Crippen molar-refractivity contribution in [2.45, 2.75) is 19.4 Å². The van der Waals surface area contributed by atoms with Crippen LogP contribution < -0.4 is 15.4 Å². The second-order valence-electron chi connectivity index (χ2n) is 6.80. The van der Waals surface area contributed by atoms with Gasteiger partial charge >= 0.3 is 0 Å². The molecule has 9 heteroatoms. The predicted molar refractivity (Wildman–Crippen MR) is 118 cm³/mol. The summed E-state index contributed by atoms with van der Waals surface area (Å²) in [5.41, 5.74) is 0. The highest BCUT2D eigenvalue weighted by atomic mass is 127. The Morgan fingerprint density at radius 1 is 1.39 bits per heavy atom. The van der Waals surface area contributed by atoms with Crippen LogP contribution in [0.4, 0.5) is 4.39 Å². The van der Waals surface area contributed by atoms with Gasteiger partial charge in [-0.25, -0.2) is 9.38 Å². The number of likely N-dealkylation sites (N-methyl/N-ethyl adjacent to an activating group) is 1. The number of amides is 1. The largest absolute Gasteiger partial charge is 0.486 e. The van der Waals surface area contributed by atoms with Crippen molar-refractivity contribution in [2.75, 3.05) is 46.9 Å². The van der Waals surface area contributed by atoms with Gasteiger partial charge in [0.2, 0.25) is 5.91 Å². The molecule has 1 saturated heterocycles. The maximum absolute atomic E-state index is 13.7. The Morgan fingerprint density at radius 2 is 2.14 bits per heavy atom. The normalized spacial score (nSPS) is 17.4. The van der Waals surface area contributed by atoms with E-state index in [4.69, 9.17) is 9.47 Å². The third kappa shape index (κ3) is 8.59. The van der Waals surface area contributed by atoms with Crippen molar-refractivity contribution in [1.29, 1.82) is 0 Å². The van der Waals surface area contributed by atoms with Crippen LogP contribution in [0.1, 0.15) is 13.3 Å². The van der Waals surface area contributed by atoms with Crippen molar-refractivity contribution in [1.82, 2.24) is 15.5 Å². The van der Waals surface area contributed by atoms with Gasteiger partial charge in [0.1, 0.15) is 12.6 Å². The second kappa shape index (κ2) is 12.8. The van der Waals surface area contributed by atoms with Crippen LogP contribution in [0.3, 0.4) is 0 Å². The molecule has 2 atom stereocenters. The summed E-state index contributed by atoms with van der Waals surface area (Å²) >= 11 is 0. The van der Waals surface area contributed by atoms with Crippen LogP contribution >= 0.6 is 24.0 Å². The zero-order chi connectivity index (χ0) is 19.6. The Kier molecular flexibility index (Phi) is 11.1. The molecule has 7 nitrogen and oxygen atoms in total. The van der Waals surface area contributed by atoms with E-state index in [-0.39, 0.29) is 48.3 Å². The molecular formula is C19H30FIN4O3. The predicted octanol–water partition coefficient (Wildman–Crippen LogP) is 1.87. The molecule has 0 bridgehead atoms. The van der Waals surface area contributed by atoms with E-state index in [1.807, 2.05) is 6.92 Å². The lowest BCUT2D eigenvalue weighted by atomic mass is 10.1. The number of carbonyl (C=O) groups excluding carboxylic acids is 1. The summed E-state index contributed by atoms with van der Waals surface area (Å²) in [7, 11) is 3.39. The Balaban J connectivity index is 0.00000392. The van der Waals surface area contributed by atoms with Gasteiger partial charge in [0, 0.05) is 33.2 Å². The molecule has 1 aromatic rings. The number of benzene rings is 1. The number of halogens is 2. The number of carbonyl (C=O) groups is 1. The van der Waals surface area contributed by atoms with Crippen molar-refractivity contribution in [3.8, 4) is 5.75 Å². The first kappa shape index (κ1) is 24.4. The van der Waals surface area contributed by atoms with Gasteiger partial charge in [0.15, 0.2) is 17.5 Å². The van der Waals surface area contributed by atoms with Crippen LogP contribution in [0.25, 0.3) is 0 Å². The smallest absolute Gasteiger partial charge is 0.243 e. The Morgan fingerprint density at radius 3 is 2.79 bits per heavy atom. The molecule has 1 aliphatic heterocycles. The average Bonchev–Trinajstić information content (AvgIpc) is 3.16. The molecule has 0 saturated carbocycles. The van der Waals surface area contributed by atoms with Crippen LogP contribution in [-0.4, -0.2) is 69.8 Å². The molecule has 0 radical (unpaired) electrons. The van der Waals surface area contributed by atoms with E-state index in [0.29, 0.717) is 25.0 Å². The first-order valence-corrected chi connectivity index (χ1v) is 9.17. The summed E-state index contributed by atoms with van der Waals surface area (Å²) < 4.78 is 24.7. The third-order valence-corrected chi connectivity index (χ3v) is 4.18. The molecule has 28 heavy (non-hydrogen) atoms. The summed E-state index contributed by atoms with van der Waals surface area (Å²) in [5, 5.41) is 6.40. The number of hydrogen-bond donors (Lipinski definition) is 2. The van der Waals surface area contributed by atoms with Gasteiger partial charge in [-0.2, -0.15) is 0 Å². The van der Waals surface area contributed by atoms with Crippen molar-refractivity contribution in [3.63, 3.8) is 0 Å². The van der Waals surface area contributed by atoms with E-state index in [2.05, 4.69) is 15.6 Å². The van der Waals surface area contributed by atoms with Gasteiger partial charge in [-0.1, -0.05) is 12.1 Å². The molecule has 2 N–H and O–H groups in total. The maximum Gasteiger partial charge on any atom is 0.243 e. The molecule has 1 aliphatic rings. The van der Waals surface area contributed by atoms with Gasteiger partial charge in [0.05, 0.1) is 13.2 Å². The minimum atomic E-state index is -0.394. The summed E-state index contributed by atoms with van der Waals surface area (Å²) in [6.07, 6.45) is 0.720. The minimum Gasteiger partial charge on any atom is -0.486 e. The van der Waals surface area contributed by atoms with E-state index in [1.165, 1.54) is 11.0 Å². The van der Waals surface area contributed by atoms with E-state index in [1.54, 1.807) is 32.3 Å². The highest BCUT2D eigenvalue weighted by molar-refractivity contribution is 14.0. The molecule has 158 valence electrons. The van der Waals surface area contributed by atoms with Crippen molar-refractivity contribution in [3.05, 3.63) is 30.1 Å². The van der Waals surface area contributed by atoms with Gasteiger partial charge < -0.3 is 25.0 Å². The number of rotatable bonds is 8. The maximum atomic E-state index is 13.7. The molecule has 0 spiro atoms. The second-order valence-corrected chi connectivity index (χ2v) is 6.80. The lowest BCUT2D eigenvalue weighted by molar-refractivity contribution is -0.127. The lowest BCUT2D eigenvalue weighted by Gasteiger charge is -2.19.